The van der Waals surface area contributed by atoms with Gasteiger partial charge in [-0.3, -0.25) is 4.57 Å². The van der Waals surface area contributed by atoms with Gasteiger partial charge in [0.05, 0.1) is 6.07 Å². The third-order valence-electron chi connectivity index (χ3n) is 1.45. The molecule has 5 heteroatoms. The molecule has 0 aliphatic heterocycles. The van der Waals surface area contributed by atoms with E-state index >= 15 is 0 Å². The molecule has 0 saturated carbocycles. The van der Waals surface area contributed by atoms with Gasteiger partial charge in [-0.25, -0.2) is 9.89 Å². The summed E-state index contributed by atoms with van der Waals surface area (Å²) in [4.78, 5) is 10.9. The van der Waals surface area contributed by atoms with Crippen LogP contribution < -0.4 is 5.69 Å². The number of hydrogen-bond acceptors (Lipinski definition) is 3. The van der Waals surface area contributed by atoms with Gasteiger partial charge in [0.25, 0.3) is 0 Å². The second-order valence-electron chi connectivity index (χ2n) is 2.12. The Morgan fingerprint density at radius 3 is 3.09 bits per heavy atom. The molecule has 1 heterocycles. The molecule has 0 amide bonds. The van der Waals surface area contributed by atoms with Crippen molar-refractivity contribution >= 4 is 0 Å². The molecule has 1 N–H and O–H groups in total. The lowest BCUT2D eigenvalue weighted by atomic mass is 10.2. The Balaban J connectivity index is 3.02. The standard InChI is InChI=1S/C6H8N4O/c1-2-5(3-7)10-4-8-9-6(10)11/h4-5H,2H2,1H3,(H,9,11). The van der Waals surface area contributed by atoms with Crippen LogP contribution in [0.2, 0.25) is 0 Å². The summed E-state index contributed by atoms with van der Waals surface area (Å²) in [6.45, 7) is 1.84. The Bertz CT molecular complexity index is 318. The largest absolute Gasteiger partial charge is 0.344 e. The molecule has 5 nitrogen and oxygen atoms in total. The molecule has 1 aromatic rings. The smallest absolute Gasteiger partial charge is 0.265 e. The summed E-state index contributed by atoms with van der Waals surface area (Å²) in [5, 5.41) is 14.3. The monoisotopic (exact) mass is 152 g/mol. The summed E-state index contributed by atoms with van der Waals surface area (Å²) in [5.41, 5.74) is -0.335. The van der Waals surface area contributed by atoms with Crippen LogP contribution in [0.15, 0.2) is 11.1 Å². The van der Waals surface area contributed by atoms with E-state index < -0.39 is 6.04 Å². The highest BCUT2D eigenvalue weighted by atomic mass is 16.1. The van der Waals surface area contributed by atoms with Crippen molar-refractivity contribution in [2.75, 3.05) is 0 Å². The first kappa shape index (κ1) is 7.54. The van der Waals surface area contributed by atoms with E-state index in [0.717, 1.165) is 0 Å². The van der Waals surface area contributed by atoms with E-state index in [-0.39, 0.29) is 5.69 Å². The van der Waals surface area contributed by atoms with Crippen LogP contribution in [0.3, 0.4) is 0 Å². The molecular weight excluding hydrogens is 144 g/mol. The highest BCUT2D eigenvalue weighted by Crippen LogP contribution is 2.03. The fourth-order valence-electron chi connectivity index (χ4n) is 0.829. The number of rotatable bonds is 2. The highest BCUT2D eigenvalue weighted by molar-refractivity contribution is 4.89. The normalized spacial score (nSPS) is 12.4. The number of nitrogens with zero attached hydrogens (tertiary/aromatic N) is 3. The molecule has 1 rings (SSSR count). The van der Waals surface area contributed by atoms with E-state index in [0.29, 0.717) is 6.42 Å². The van der Waals surface area contributed by atoms with Crippen LogP contribution >= 0.6 is 0 Å². The van der Waals surface area contributed by atoms with Crippen LogP contribution in [0.25, 0.3) is 0 Å². The predicted octanol–water partition coefficient (Wildman–Crippen LogP) is 0.0461. The average Bonchev–Trinajstić information content (AvgIpc) is 2.40. The summed E-state index contributed by atoms with van der Waals surface area (Å²) < 4.78 is 1.28. The summed E-state index contributed by atoms with van der Waals surface area (Å²) in [6, 6.07) is 1.60. The van der Waals surface area contributed by atoms with Gasteiger partial charge in [0.1, 0.15) is 12.4 Å². The van der Waals surface area contributed by atoms with Crippen LogP contribution in [0, 0.1) is 11.3 Å². The van der Waals surface area contributed by atoms with E-state index in [9.17, 15) is 4.79 Å². The van der Waals surface area contributed by atoms with Crippen molar-refractivity contribution in [2.24, 2.45) is 0 Å². The Morgan fingerprint density at radius 1 is 2.00 bits per heavy atom. The van der Waals surface area contributed by atoms with Crippen molar-refractivity contribution in [3.05, 3.63) is 16.8 Å². The summed E-state index contributed by atoms with van der Waals surface area (Å²) in [5.74, 6) is 0. The highest BCUT2D eigenvalue weighted by Gasteiger charge is 2.08. The number of nitriles is 1. The van der Waals surface area contributed by atoms with E-state index in [1.165, 1.54) is 10.9 Å². The Hall–Kier alpha value is -1.57. The molecular formula is C6H8N4O. The Kier molecular flexibility index (Phi) is 2.06. The van der Waals surface area contributed by atoms with Gasteiger partial charge in [-0.05, 0) is 6.42 Å². The number of aromatic nitrogens is 3. The van der Waals surface area contributed by atoms with Crippen molar-refractivity contribution in [3.8, 4) is 6.07 Å². The molecule has 1 unspecified atom stereocenters. The van der Waals surface area contributed by atoms with E-state index in [1.54, 1.807) is 0 Å². The first-order chi connectivity index (χ1) is 5.29. The van der Waals surface area contributed by atoms with E-state index in [1.807, 2.05) is 13.0 Å². The average molecular weight is 152 g/mol. The van der Waals surface area contributed by atoms with Gasteiger partial charge >= 0.3 is 5.69 Å². The lowest BCUT2D eigenvalue weighted by Gasteiger charge is -2.02. The molecule has 0 spiro atoms. The zero-order chi connectivity index (χ0) is 8.27. The topological polar surface area (TPSA) is 74.5 Å². The fraction of sp³-hybridized carbons (Fsp3) is 0.500. The van der Waals surface area contributed by atoms with Crippen molar-refractivity contribution in [2.45, 2.75) is 19.4 Å². The maximum absolute atomic E-state index is 10.9. The quantitative estimate of drug-likeness (QED) is 0.650. The van der Waals surface area contributed by atoms with Gasteiger partial charge in [-0.2, -0.15) is 10.4 Å². The zero-order valence-electron chi connectivity index (χ0n) is 6.11. The van der Waals surface area contributed by atoms with Crippen molar-refractivity contribution in [3.63, 3.8) is 0 Å². The molecule has 58 valence electrons. The SMILES string of the molecule is CCC(C#N)n1cn[nH]c1=O. The van der Waals surface area contributed by atoms with Gasteiger partial charge < -0.3 is 0 Å². The third kappa shape index (κ3) is 1.29. The molecule has 0 fully saturated rings. The van der Waals surface area contributed by atoms with Gasteiger partial charge in [-0.1, -0.05) is 6.92 Å². The van der Waals surface area contributed by atoms with Crippen LogP contribution in [0.1, 0.15) is 19.4 Å². The second-order valence-corrected chi connectivity index (χ2v) is 2.12. The Labute approximate surface area is 63.3 Å². The summed E-state index contributed by atoms with van der Waals surface area (Å²) >= 11 is 0. The van der Waals surface area contributed by atoms with Crippen LogP contribution in [0.5, 0.6) is 0 Å². The summed E-state index contributed by atoms with van der Waals surface area (Å²) in [7, 11) is 0. The van der Waals surface area contributed by atoms with Gasteiger partial charge in [-0.15, -0.1) is 0 Å². The molecule has 0 radical (unpaired) electrons. The predicted molar refractivity (Wildman–Crippen MR) is 37.8 cm³/mol. The molecule has 0 aliphatic carbocycles. The molecule has 0 aliphatic rings. The third-order valence-corrected chi connectivity index (χ3v) is 1.45. The van der Waals surface area contributed by atoms with Crippen molar-refractivity contribution in [1.82, 2.24) is 14.8 Å². The number of H-pyrrole nitrogens is 1. The summed E-state index contributed by atoms with van der Waals surface area (Å²) in [6.07, 6.45) is 1.94. The van der Waals surface area contributed by atoms with Crippen molar-refractivity contribution < 1.29 is 0 Å². The first-order valence-corrected chi connectivity index (χ1v) is 3.30. The van der Waals surface area contributed by atoms with Crippen molar-refractivity contribution in [1.29, 1.82) is 5.26 Å². The second kappa shape index (κ2) is 3.01. The Morgan fingerprint density at radius 2 is 2.73 bits per heavy atom. The van der Waals surface area contributed by atoms with Crippen LogP contribution in [0.4, 0.5) is 0 Å². The van der Waals surface area contributed by atoms with Crippen LogP contribution in [-0.2, 0) is 0 Å². The fourth-order valence-corrected chi connectivity index (χ4v) is 0.829. The molecule has 11 heavy (non-hydrogen) atoms. The number of aromatic amines is 1. The van der Waals surface area contributed by atoms with Gasteiger partial charge in [0.15, 0.2) is 0 Å². The minimum absolute atomic E-state index is 0.335. The maximum Gasteiger partial charge on any atom is 0.344 e. The molecule has 1 aromatic heterocycles. The minimum Gasteiger partial charge on any atom is -0.265 e. The lowest BCUT2D eigenvalue weighted by molar-refractivity contribution is 0.578. The van der Waals surface area contributed by atoms with Gasteiger partial charge in [0.2, 0.25) is 0 Å². The molecule has 0 aromatic carbocycles. The van der Waals surface area contributed by atoms with E-state index in [2.05, 4.69) is 10.2 Å². The van der Waals surface area contributed by atoms with Crippen LogP contribution in [-0.4, -0.2) is 14.8 Å². The van der Waals surface area contributed by atoms with E-state index in [4.69, 9.17) is 5.26 Å². The van der Waals surface area contributed by atoms with Gasteiger partial charge in [0, 0.05) is 0 Å². The lowest BCUT2D eigenvalue weighted by Crippen LogP contribution is -2.20. The first-order valence-electron chi connectivity index (χ1n) is 3.30. The number of nitrogens with one attached hydrogen (secondary N) is 1. The molecule has 1 atom stereocenters. The zero-order valence-corrected chi connectivity index (χ0v) is 6.11. The minimum atomic E-state index is -0.402. The maximum atomic E-state index is 10.9. The molecule has 0 saturated heterocycles. The molecule has 0 bridgehead atoms. The number of hydrogen-bond donors (Lipinski definition) is 1.